The zero-order valence-electron chi connectivity index (χ0n) is 7.25. The number of rotatable bonds is 0. The molecule has 0 aromatic carbocycles. The molecule has 3 heteroatoms. The molecular formula is C9H14O3. The zero-order valence-corrected chi connectivity index (χ0v) is 7.25. The van der Waals surface area contributed by atoms with Crippen LogP contribution in [0.25, 0.3) is 0 Å². The predicted molar refractivity (Wildman–Crippen MR) is 42.5 cm³/mol. The van der Waals surface area contributed by atoms with Gasteiger partial charge in [-0.25, -0.2) is 0 Å². The summed E-state index contributed by atoms with van der Waals surface area (Å²) in [5, 5.41) is 10.1. The van der Waals surface area contributed by atoms with Gasteiger partial charge in [-0.2, -0.15) is 0 Å². The molecule has 2 fully saturated rings. The predicted octanol–water partition coefficient (Wildman–Crippen LogP) is 0.853. The van der Waals surface area contributed by atoms with Crippen LogP contribution in [0.1, 0.15) is 32.6 Å². The number of esters is 1. The minimum Gasteiger partial charge on any atom is -0.459 e. The van der Waals surface area contributed by atoms with Crippen LogP contribution in [0.5, 0.6) is 0 Å². The molecule has 1 N–H and O–H groups in total. The van der Waals surface area contributed by atoms with Gasteiger partial charge in [0.15, 0.2) is 0 Å². The van der Waals surface area contributed by atoms with Gasteiger partial charge in [0.1, 0.15) is 11.7 Å². The number of carbonyl (C=O) groups is 1. The molecule has 0 amide bonds. The highest BCUT2D eigenvalue weighted by atomic mass is 16.6. The van der Waals surface area contributed by atoms with E-state index in [-0.39, 0.29) is 18.0 Å². The average molecular weight is 170 g/mol. The Balaban J connectivity index is 2.25. The molecule has 2 rings (SSSR count). The van der Waals surface area contributed by atoms with Crippen LogP contribution >= 0.6 is 0 Å². The van der Waals surface area contributed by atoms with Crippen molar-refractivity contribution in [2.45, 2.75) is 44.3 Å². The Hall–Kier alpha value is -0.570. The van der Waals surface area contributed by atoms with Crippen molar-refractivity contribution in [3.8, 4) is 0 Å². The standard InChI is InChI=1S/C9H14O3/c1-6-8(10)12-7-4-2-3-5-9(6,7)11/h6-7,11H,2-5H2,1H3/t6-,7-,9-/m1/s1. The Bertz CT molecular complexity index is 214. The van der Waals surface area contributed by atoms with Gasteiger partial charge >= 0.3 is 5.97 Å². The van der Waals surface area contributed by atoms with E-state index in [0.29, 0.717) is 6.42 Å². The fraction of sp³-hybridized carbons (Fsp3) is 0.889. The summed E-state index contributed by atoms with van der Waals surface area (Å²) in [6.07, 6.45) is 3.38. The monoisotopic (exact) mass is 170 g/mol. The van der Waals surface area contributed by atoms with E-state index in [9.17, 15) is 9.90 Å². The smallest absolute Gasteiger partial charge is 0.312 e. The van der Waals surface area contributed by atoms with Crippen molar-refractivity contribution in [2.24, 2.45) is 5.92 Å². The lowest BCUT2D eigenvalue weighted by atomic mass is 9.76. The SMILES string of the molecule is C[C@@H]1C(=O)O[C@@H]2CCCC[C@@]12O. The maximum Gasteiger partial charge on any atom is 0.312 e. The first-order chi connectivity index (χ1) is 5.64. The Labute approximate surface area is 71.7 Å². The first kappa shape index (κ1) is 8.05. The number of hydrogen-bond acceptors (Lipinski definition) is 3. The molecule has 1 saturated carbocycles. The van der Waals surface area contributed by atoms with Gasteiger partial charge < -0.3 is 9.84 Å². The van der Waals surface area contributed by atoms with Crippen molar-refractivity contribution in [3.05, 3.63) is 0 Å². The molecule has 1 saturated heterocycles. The molecule has 0 bridgehead atoms. The zero-order chi connectivity index (χ0) is 8.77. The lowest BCUT2D eigenvalue weighted by Crippen LogP contribution is -2.45. The minimum atomic E-state index is -0.852. The highest BCUT2D eigenvalue weighted by Crippen LogP contribution is 2.42. The Morgan fingerprint density at radius 1 is 1.58 bits per heavy atom. The lowest BCUT2D eigenvalue weighted by Gasteiger charge is -2.33. The molecule has 12 heavy (non-hydrogen) atoms. The van der Waals surface area contributed by atoms with Gasteiger partial charge in [-0.15, -0.1) is 0 Å². The quantitative estimate of drug-likeness (QED) is 0.548. The van der Waals surface area contributed by atoms with Crippen molar-refractivity contribution < 1.29 is 14.6 Å². The van der Waals surface area contributed by atoms with Crippen molar-refractivity contribution in [1.82, 2.24) is 0 Å². The van der Waals surface area contributed by atoms with Crippen LogP contribution in [0.4, 0.5) is 0 Å². The summed E-state index contributed by atoms with van der Waals surface area (Å²) in [6, 6.07) is 0. The van der Waals surface area contributed by atoms with Gasteiger partial charge in [0.05, 0.1) is 5.92 Å². The van der Waals surface area contributed by atoms with Crippen LogP contribution < -0.4 is 0 Å². The summed E-state index contributed by atoms with van der Waals surface area (Å²) in [5.74, 6) is -0.563. The molecule has 68 valence electrons. The molecule has 0 aromatic rings. The molecular weight excluding hydrogens is 156 g/mol. The molecule has 3 nitrogen and oxygen atoms in total. The second-order valence-corrected chi connectivity index (χ2v) is 3.88. The highest BCUT2D eigenvalue weighted by Gasteiger charge is 2.54. The fourth-order valence-corrected chi connectivity index (χ4v) is 2.25. The van der Waals surface area contributed by atoms with E-state index in [2.05, 4.69) is 0 Å². The highest BCUT2D eigenvalue weighted by molar-refractivity contribution is 5.76. The molecule has 0 spiro atoms. The largest absolute Gasteiger partial charge is 0.459 e. The molecule has 0 unspecified atom stereocenters. The lowest BCUT2D eigenvalue weighted by molar-refractivity contribution is -0.144. The Morgan fingerprint density at radius 2 is 2.33 bits per heavy atom. The third-order valence-corrected chi connectivity index (χ3v) is 3.21. The van der Waals surface area contributed by atoms with Crippen LogP contribution in [0.15, 0.2) is 0 Å². The summed E-state index contributed by atoms with van der Waals surface area (Å²) in [7, 11) is 0. The average Bonchev–Trinajstić information content (AvgIpc) is 2.28. The van der Waals surface area contributed by atoms with E-state index in [0.717, 1.165) is 19.3 Å². The molecule has 1 aliphatic heterocycles. The number of aliphatic hydroxyl groups is 1. The third kappa shape index (κ3) is 0.891. The number of carbonyl (C=O) groups excluding carboxylic acids is 1. The summed E-state index contributed by atoms with van der Waals surface area (Å²) in [5.41, 5.74) is -0.852. The van der Waals surface area contributed by atoms with Gasteiger partial charge in [0.2, 0.25) is 0 Å². The first-order valence-corrected chi connectivity index (χ1v) is 4.57. The van der Waals surface area contributed by atoms with E-state index < -0.39 is 5.60 Å². The van der Waals surface area contributed by atoms with Crippen LogP contribution in [-0.2, 0) is 9.53 Å². The van der Waals surface area contributed by atoms with Crippen LogP contribution in [0.3, 0.4) is 0 Å². The third-order valence-electron chi connectivity index (χ3n) is 3.21. The second-order valence-electron chi connectivity index (χ2n) is 3.88. The molecule has 0 radical (unpaired) electrons. The molecule has 3 atom stereocenters. The Morgan fingerprint density at radius 3 is 3.00 bits per heavy atom. The van der Waals surface area contributed by atoms with Gasteiger partial charge in [-0.1, -0.05) is 6.42 Å². The van der Waals surface area contributed by atoms with Gasteiger partial charge in [-0.05, 0) is 26.2 Å². The van der Waals surface area contributed by atoms with Crippen molar-refractivity contribution in [1.29, 1.82) is 0 Å². The van der Waals surface area contributed by atoms with E-state index in [4.69, 9.17) is 4.74 Å². The summed E-state index contributed by atoms with van der Waals surface area (Å²) < 4.78 is 5.09. The second kappa shape index (κ2) is 2.46. The van der Waals surface area contributed by atoms with E-state index in [1.807, 2.05) is 0 Å². The number of hydrogen-bond donors (Lipinski definition) is 1. The summed E-state index contributed by atoms with van der Waals surface area (Å²) in [4.78, 5) is 11.2. The molecule has 0 aromatic heterocycles. The maximum atomic E-state index is 11.2. The van der Waals surface area contributed by atoms with Crippen molar-refractivity contribution in [3.63, 3.8) is 0 Å². The molecule has 1 heterocycles. The Kier molecular flexibility index (Phi) is 1.65. The van der Waals surface area contributed by atoms with Gasteiger partial charge in [0, 0.05) is 0 Å². The van der Waals surface area contributed by atoms with Crippen LogP contribution in [-0.4, -0.2) is 22.8 Å². The maximum absolute atomic E-state index is 11.2. The molecule has 1 aliphatic carbocycles. The van der Waals surface area contributed by atoms with E-state index in [1.165, 1.54) is 0 Å². The van der Waals surface area contributed by atoms with Gasteiger partial charge in [-0.3, -0.25) is 4.79 Å². The minimum absolute atomic E-state index is 0.228. The number of fused-ring (bicyclic) bond motifs is 1. The van der Waals surface area contributed by atoms with E-state index in [1.54, 1.807) is 6.92 Å². The van der Waals surface area contributed by atoms with Crippen molar-refractivity contribution in [2.75, 3.05) is 0 Å². The molecule has 2 aliphatic rings. The van der Waals surface area contributed by atoms with E-state index >= 15 is 0 Å². The van der Waals surface area contributed by atoms with Crippen LogP contribution in [0, 0.1) is 5.92 Å². The topological polar surface area (TPSA) is 46.5 Å². The first-order valence-electron chi connectivity index (χ1n) is 4.57. The summed E-state index contributed by atoms with van der Waals surface area (Å²) >= 11 is 0. The van der Waals surface area contributed by atoms with Crippen molar-refractivity contribution >= 4 is 5.97 Å². The number of ether oxygens (including phenoxy) is 1. The normalized spacial score (nSPS) is 47.0. The summed E-state index contributed by atoms with van der Waals surface area (Å²) in [6.45, 7) is 1.76. The van der Waals surface area contributed by atoms with Crippen LogP contribution in [0.2, 0.25) is 0 Å². The fourth-order valence-electron chi connectivity index (χ4n) is 2.25. The van der Waals surface area contributed by atoms with Gasteiger partial charge in [0.25, 0.3) is 0 Å².